The largest absolute Gasteiger partial charge is 0.494 e. The van der Waals surface area contributed by atoms with Gasteiger partial charge in [-0.05, 0) is 65.9 Å². The summed E-state index contributed by atoms with van der Waals surface area (Å²) in [7, 11) is 0. The van der Waals surface area contributed by atoms with E-state index in [4.69, 9.17) is 4.74 Å². The quantitative estimate of drug-likeness (QED) is 0.518. The highest BCUT2D eigenvalue weighted by molar-refractivity contribution is 7.10. The molecule has 1 aliphatic rings. The first-order valence-corrected chi connectivity index (χ1v) is 11.1. The van der Waals surface area contributed by atoms with E-state index in [2.05, 4.69) is 46.8 Å². The number of thiophene rings is 2. The highest BCUT2D eigenvalue weighted by Gasteiger charge is 2.32. The molecule has 2 aromatic heterocycles. The molecule has 1 aliphatic heterocycles. The number of benzene rings is 1. The molecule has 0 N–H and O–H groups in total. The van der Waals surface area contributed by atoms with Crippen molar-refractivity contribution in [3.05, 3.63) is 74.1 Å². The van der Waals surface area contributed by atoms with Crippen molar-refractivity contribution in [3.63, 3.8) is 0 Å². The van der Waals surface area contributed by atoms with Gasteiger partial charge < -0.3 is 9.64 Å². The molecule has 0 radical (unpaired) electrons. The molecule has 1 aromatic carbocycles. The molecule has 0 saturated carbocycles. The fourth-order valence-corrected chi connectivity index (χ4v) is 5.36. The number of hydrogen-bond acceptors (Lipinski definition) is 4. The molecule has 5 heteroatoms. The van der Waals surface area contributed by atoms with Gasteiger partial charge in [0, 0.05) is 22.7 Å². The average molecular weight is 398 g/mol. The third-order valence-electron chi connectivity index (χ3n) is 4.89. The Kier molecular flexibility index (Phi) is 5.60. The van der Waals surface area contributed by atoms with Gasteiger partial charge in [0.15, 0.2) is 0 Å². The Balaban J connectivity index is 1.39. The molecular weight excluding hydrogens is 374 g/mol. The van der Waals surface area contributed by atoms with Gasteiger partial charge in [-0.1, -0.05) is 18.2 Å². The summed E-state index contributed by atoms with van der Waals surface area (Å²) < 4.78 is 5.80. The van der Waals surface area contributed by atoms with Crippen molar-refractivity contribution < 1.29 is 9.53 Å². The summed E-state index contributed by atoms with van der Waals surface area (Å²) in [5.74, 6) is 1.10. The topological polar surface area (TPSA) is 29.5 Å². The lowest BCUT2D eigenvalue weighted by Gasteiger charge is -2.35. The van der Waals surface area contributed by atoms with E-state index in [1.165, 1.54) is 20.9 Å². The van der Waals surface area contributed by atoms with Gasteiger partial charge in [0.2, 0.25) is 5.91 Å². The van der Waals surface area contributed by atoms with E-state index in [1.807, 2.05) is 29.5 Å². The predicted molar refractivity (Wildman–Crippen MR) is 112 cm³/mol. The zero-order valence-corrected chi connectivity index (χ0v) is 17.0. The van der Waals surface area contributed by atoms with Gasteiger partial charge in [-0.25, -0.2) is 0 Å². The fraction of sp³-hybridized carbons (Fsp3) is 0.318. The molecule has 4 rings (SSSR count). The zero-order valence-electron chi connectivity index (χ0n) is 15.4. The second kappa shape index (κ2) is 8.28. The van der Waals surface area contributed by atoms with Crippen molar-refractivity contribution in [2.75, 3.05) is 13.2 Å². The van der Waals surface area contributed by atoms with E-state index >= 15 is 0 Å². The molecule has 0 aliphatic carbocycles. The minimum atomic E-state index is 0.0743. The number of nitrogens with zero attached hydrogens (tertiary/aromatic N) is 1. The van der Waals surface area contributed by atoms with Crippen LogP contribution < -0.4 is 4.74 Å². The Hall–Kier alpha value is -2.11. The van der Waals surface area contributed by atoms with Crippen molar-refractivity contribution in [3.8, 4) is 5.75 Å². The van der Waals surface area contributed by atoms with Crippen molar-refractivity contribution in [2.45, 2.75) is 32.2 Å². The summed E-state index contributed by atoms with van der Waals surface area (Å²) in [6, 6.07) is 14.5. The summed E-state index contributed by atoms with van der Waals surface area (Å²) in [6.45, 7) is 3.42. The molecule has 27 heavy (non-hydrogen) atoms. The molecule has 0 saturated heterocycles. The lowest BCUT2D eigenvalue weighted by atomic mass is 9.98. The predicted octanol–water partition coefficient (Wildman–Crippen LogP) is 5.45. The Morgan fingerprint density at radius 1 is 1.19 bits per heavy atom. The van der Waals surface area contributed by atoms with Gasteiger partial charge >= 0.3 is 0 Å². The van der Waals surface area contributed by atoms with Crippen LogP contribution in [-0.2, 0) is 11.2 Å². The maximum absolute atomic E-state index is 13.0. The van der Waals surface area contributed by atoms with Crippen LogP contribution in [0, 0.1) is 6.92 Å². The van der Waals surface area contributed by atoms with E-state index in [-0.39, 0.29) is 11.9 Å². The van der Waals surface area contributed by atoms with Crippen molar-refractivity contribution in [1.29, 1.82) is 0 Å². The molecule has 0 bridgehead atoms. The molecule has 140 valence electrons. The smallest absolute Gasteiger partial charge is 0.223 e. The number of ether oxygens (including phenoxy) is 1. The highest BCUT2D eigenvalue weighted by Crippen LogP contribution is 2.39. The third kappa shape index (κ3) is 4.09. The Morgan fingerprint density at radius 2 is 2.11 bits per heavy atom. The number of rotatable bonds is 6. The van der Waals surface area contributed by atoms with Gasteiger partial charge in [0.05, 0.1) is 12.6 Å². The number of fused-ring (bicyclic) bond motifs is 1. The number of aryl methyl sites for hydroxylation is 1. The first-order valence-electron chi connectivity index (χ1n) is 9.31. The Labute approximate surface area is 168 Å². The Bertz CT molecular complexity index is 901. The maximum atomic E-state index is 13.0. The molecular formula is C22H23NO2S2. The minimum Gasteiger partial charge on any atom is -0.494 e. The van der Waals surface area contributed by atoms with Crippen LogP contribution in [0.25, 0.3) is 0 Å². The van der Waals surface area contributed by atoms with Crippen LogP contribution in [0.2, 0.25) is 0 Å². The second-order valence-electron chi connectivity index (χ2n) is 6.82. The lowest BCUT2D eigenvalue weighted by Crippen LogP contribution is -2.39. The number of carbonyl (C=O) groups excluding carboxylic acids is 1. The summed E-state index contributed by atoms with van der Waals surface area (Å²) in [5, 5.41) is 4.24. The van der Waals surface area contributed by atoms with Crippen LogP contribution in [0.1, 0.15) is 39.8 Å². The SMILES string of the molecule is Cc1cccc(OCCCC(=O)N2CCc3sccc3[C@@H]2c2cccs2)c1. The lowest BCUT2D eigenvalue weighted by molar-refractivity contribution is -0.133. The molecule has 0 unspecified atom stereocenters. The van der Waals surface area contributed by atoms with Gasteiger partial charge in [0.1, 0.15) is 5.75 Å². The van der Waals surface area contributed by atoms with Crippen LogP contribution in [0.3, 0.4) is 0 Å². The molecule has 3 heterocycles. The van der Waals surface area contributed by atoms with Crippen molar-refractivity contribution in [2.24, 2.45) is 0 Å². The van der Waals surface area contributed by atoms with Crippen LogP contribution in [-0.4, -0.2) is 24.0 Å². The fourth-order valence-electron chi connectivity index (χ4n) is 3.60. The first-order chi connectivity index (χ1) is 13.2. The van der Waals surface area contributed by atoms with Crippen molar-refractivity contribution in [1.82, 2.24) is 4.90 Å². The minimum absolute atomic E-state index is 0.0743. The first kappa shape index (κ1) is 18.3. The Morgan fingerprint density at radius 3 is 2.93 bits per heavy atom. The summed E-state index contributed by atoms with van der Waals surface area (Å²) >= 11 is 3.54. The third-order valence-corrected chi connectivity index (χ3v) is 6.81. The molecule has 3 aromatic rings. The standard InChI is InChI=1S/C22H23NO2S2/c1-16-5-2-6-17(15-16)25-12-3-8-21(24)23-11-9-19-18(10-14-27-19)22(23)20-7-4-13-26-20/h2,4-7,10,13-15,22H,3,8-9,11-12H2,1H3/t22-/m1/s1. The summed E-state index contributed by atoms with van der Waals surface area (Å²) in [6.07, 6.45) is 2.21. The van der Waals surface area contributed by atoms with Crippen LogP contribution >= 0.6 is 22.7 Å². The number of hydrogen-bond donors (Lipinski definition) is 0. The van der Waals surface area contributed by atoms with E-state index in [0.717, 1.165) is 25.1 Å². The van der Waals surface area contributed by atoms with Gasteiger partial charge in [-0.2, -0.15) is 0 Å². The van der Waals surface area contributed by atoms with Gasteiger partial charge in [0.25, 0.3) is 0 Å². The van der Waals surface area contributed by atoms with Gasteiger partial charge in [-0.3, -0.25) is 4.79 Å². The van der Waals surface area contributed by atoms with E-state index in [9.17, 15) is 4.79 Å². The summed E-state index contributed by atoms with van der Waals surface area (Å²) in [5.41, 5.74) is 2.49. The number of amides is 1. The maximum Gasteiger partial charge on any atom is 0.223 e. The van der Waals surface area contributed by atoms with Crippen LogP contribution in [0.4, 0.5) is 0 Å². The number of carbonyl (C=O) groups is 1. The van der Waals surface area contributed by atoms with E-state index in [0.29, 0.717) is 13.0 Å². The molecule has 1 amide bonds. The normalized spacial score (nSPS) is 16.2. The summed E-state index contributed by atoms with van der Waals surface area (Å²) in [4.78, 5) is 17.7. The van der Waals surface area contributed by atoms with E-state index < -0.39 is 0 Å². The molecule has 0 fully saturated rings. The highest BCUT2D eigenvalue weighted by atomic mass is 32.1. The molecule has 0 spiro atoms. The molecule has 1 atom stereocenters. The van der Waals surface area contributed by atoms with Gasteiger partial charge in [-0.15, -0.1) is 22.7 Å². The zero-order chi connectivity index (χ0) is 18.6. The van der Waals surface area contributed by atoms with Crippen LogP contribution in [0.5, 0.6) is 5.75 Å². The molecule has 3 nitrogen and oxygen atoms in total. The second-order valence-corrected chi connectivity index (χ2v) is 8.80. The average Bonchev–Trinajstić information content (AvgIpc) is 3.35. The van der Waals surface area contributed by atoms with E-state index in [1.54, 1.807) is 11.3 Å². The monoisotopic (exact) mass is 397 g/mol. The van der Waals surface area contributed by atoms with Crippen LogP contribution in [0.15, 0.2) is 53.2 Å². The van der Waals surface area contributed by atoms with Crippen molar-refractivity contribution >= 4 is 28.6 Å².